The average Bonchev–Trinajstić information content (AvgIpc) is 2.79. The molecular weight excluding hydrogens is 284 g/mol. The summed E-state index contributed by atoms with van der Waals surface area (Å²) in [6, 6.07) is 7.20. The number of rotatable bonds is 5. The first-order valence-corrected chi connectivity index (χ1v) is 9.03. The Morgan fingerprint density at radius 2 is 1.91 bits per heavy atom. The van der Waals surface area contributed by atoms with E-state index in [0.717, 1.165) is 0 Å². The van der Waals surface area contributed by atoms with Crippen LogP contribution in [0.25, 0.3) is 10.9 Å². The smallest absolute Gasteiger partial charge is 0.0843 e. The third-order valence-corrected chi connectivity index (χ3v) is 5.44. The van der Waals surface area contributed by atoms with E-state index in [0.29, 0.717) is 19.1 Å². The monoisotopic (exact) mass is 314 g/mol. The largest absolute Gasteiger partial charge is 0.390 e. The number of aryl methyl sites for hydroxylation is 2. The Hall–Kier alpha value is -1.32. The van der Waals surface area contributed by atoms with E-state index >= 15 is 0 Å². The molecular formula is C20H30N2O. The second-order valence-electron chi connectivity index (χ2n) is 7.24. The van der Waals surface area contributed by atoms with Gasteiger partial charge in [-0.1, -0.05) is 30.9 Å². The molecule has 1 atom stereocenters. The van der Waals surface area contributed by atoms with Crippen LogP contribution in [0.2, 0.25) is 0 Å². The predicted octanol–water partition coefficient (Wildman–Crippen LogP) is 3.85. The van der Waals surface area contributed by atoms with Gasteiger partial charge in [-0.15, -0.1) is 0 Å². The number of aliphatic hydroxyl groups excluding tert-OH is 1. The first-order chi connectivity index (χ1) is 11.1. The van der Waals surface area contributed by atoms with Crippen molar-refractivity contribution in [1.82, 2.24) is 9.88 Å². The number of hydrogen-bond donors (Lipinski definition) is 2. The lowest BCUT2D eigenvalue weighted by Crippen LogP contribution is -2.38. The summed E-state index contributed by atoms with van der Waals surface area (Å²) in [6.07, 6.45) is 6.20. The third-order valence-electron chi connectivity index (χ3n) is 5.44. The minimum absolute atomic E-state index is 0.341. The summed E-state index contributed by atoms with van der Waals surface area (Å²) in [6.45, 7) is 7.83. The van der Waals surface area contributed by atoms with E-state index < -0.39 is 0 Å². The van der Waals surface area contributed by atoms with Crippen LogP contribution in [0.1, 0.15) is 48.9 Å². The molecule has 3 heteroatoms. The fourth-order valence-electron chi connectivity index (χ4n) is 3.88. The Kier molecular flexibility index (Phi) is 5.08. The van der Waals surface area contributed by atoms with Crippen LogP contribution in [0.5, 0.6) is 0 Å². The Labute approximate surface area is 139 Å². The van der Waals surface area contributed by atoms with Crippen molar-refractivity contribution in [2.45, 2.75) is 71.6 Å². The summed E-state index contributed by atoms with van der Waals surface area (Å²) < 4.78 is 2.28. The fourth-order valence-corrected chi connectivity index (χ4v) is 3.88. The topological polar surface area (TPSA) is 37.2 Å². The molecule has 3 nitrogen and oxygen atoms in total. The van der Waals surface area contributed by atoms with E-state index in [-0.39, 0.29) is 6.10 Å². The molecule has 0 unspecified atom stereocenters. The van der Waals surface area contributed by atoms with Crippen LogP contribution >= 0.6 is 0 Å². The highest BCUT2D eigenvalue weighted by molar-refractivity contribution is 5.85. The van der Waals surface area contributed by atoms with E-state index in [9.17, 15) is 5.11 Å². The van der Waals surface area contributed by atoms with Gasteiger partial charge in [-0.3, -0.25) is 0 Å². The fraction of sp³-hybridized carbons (Fsp3) is 0.600. The maximum absolute atomic E-state index is 10.5. The van der Waals surface area contributed by atoms with Gasteiger partial charge in [0.2, 0.25) is 0 Å². The summed E-state index contributed by atoms with van der Waals surface area (Å²) in [5, 5.41) is 15.4. The van der Waals surface area contributed by atoms with Crippen molar-refractivity contribution in [2.24, 2.45) is 0 Å². The van der Waals surface area contributed by atoms with Crippen LogP contribution < -0.4 is 5.32 Å². The van der Waals surface area contributed by atoms with Gasteiger partial charge in [-0.25, -0.2) is 0 Å². The maximum Gasteiger partial charge on any atom is 0.0843 e. The number of benzene rings is 1. The highest BCUT2D eigenvalue weighted by Gasteiger charge is 2.17. The van der Waals surface area contributed by atoms with Crippen molar-refractivity contribution in [2.75, 3.05) is 6.54 Å². The summed E-state index contributed by atoms with van der Waals surface area (Å²) in [7, 11) is 0. The van der Waals surface area contributed by atoms with Crippen LogP contribution in [-0.4, -0.2) is 28.4 Å². The summed E-state index contributed by atoms with van der Waals surface area (Å²) in [5.74, 6) is 0. The lowest BCUT2D eigenvalue weighted by molar-refractivity contribution is 0.145. The molecule has 0 amide bonds. The summed E-state index contributed by atoms with van der Waals surface area (Å²) >= 11 is 0. The van der Waals surface area contributed by atoms with Gasteiger partial charge in [0.1, 0.15) is 0 Å². The minimum Gasteiger partial charge on any atom is -0.390 e. The highest BCUT2D eigenvalue weighted by atomic mass is 16.3. The van der Waals surface area contributed by atoms with Gasteiger partial charge in [0.05, 0.1) is 12.6 Å². The normalized spacial score (nSPS) is 17.7. The van der Waals surface area contributed by atoms with E-state index in [1.807, 2.05) is 0 Å². The molecule has 23 heavy (non-hydrogen) atoms. The second-order valence-corrected chi connectivity index (χ2v) is 7.24. The molecule has 1 aromatic carbocycles. The zero-order chi connectivity index (χ0) is 16.4. The molecule has 3 rings (SSSR count). The number of aliphatic hydroxyl groups is 1. The molecule has 1 heterocycles. The molecule has 1 aromatic heterocycles. The van der Waals surface area contributed by atoms with Crippen molar-refractivity contribution in [3.8, 4) is 0 Å². The minimum atomic E-state index is -0.341. The number of nitrogens with zero attached hydrogens (tertiary/aromatic N) is 1. The van der Waals surface area contributed by atoms with Gasteiger partial charge < -0.3 is 15.0 Å². The molecule has 0 aliphatic heterocycles. The van der Waals surface area contributed by atoms with Crippen LogP contribution in [0.3, 0.4) is 0 Å². The maximum atomic E-state index is 10.5. The van der Waals surface area contributed by atoms with Gasteiger partial charge in [0.25, 0.3) is 0 Å². The van der Waals surface area contributed by atoms with Crippen LogP contribution in [0, 0.1) is 20.8 Å². The molecule has 2 N–H and O–H groups in total. The Morgan fingerprint density at radius 3 is 2.65 bits per heavy atom. The Morgan fingerprint density at radius 1 is 1.17 bits per heavy atom. The SMILES string of the molecule is Cc1ccc2c(c1)c(C)c(C)n2C[C@@H](O)CNC1CCCCC1. The summed E-state index contributed by atoms with van der Waals surface area (Å²) in [5.41, 5.74) is 5.12. The quantitative estimate of drug-likeness (QED) is 0.879. The molecule has 1 saturated carbocycles. The highest BCUT2D eigenvalue weighted by Crippen LogP contribution is 2.26. The number of nitrogens with one attached hydrogen (secondary N) is 1. The Bertz CT molecular complexity index is 668. The molecule has 126 valence electrons. The van der Waals surface area contributed by atoms with Crippen molar-refractivity contribution < 1.29 is 5.11 Å². The molecule has 0 spiro atoms. The molecule has 1 aliphatic carbocycles. The van der Waals surface area contributed by atoms with Crippen LogP contribution in [0.15, 0.2) is 18.2 Å². The standard InChI is InChI=1S/C20H30N2O/c1-14-9-10-20-19(11-14)15(2)16(3)22(20)13-18(23)12-21-17-7-5-4-6-8-17/h9-11,17-18,21,23H,4-8,12-13H2,1-3H3/t18-/m0/s1. The van der Waals surface area contributed by atoms with Gasteiger partial charge in [0.15, 0.2) is 0 Å². The van der Waals surface area contributed by atoms with E-state index in [1.165, 1.54) is 59.8 Å². The van der Waals surface area contributed by atoms with Gasteiger partial charge in [-0.2, -0.15) is 0 Å². The molecule has 1 aliphatic rings. The first kappa shape index (κ1) is 16.5. The molecule has 0 bridgehead atoms. The lowest BCUT2D eigenvalue weighted by Gasteiger charge is -2.24. The van der Waals surface area contributed by atoms with E-state index in [2.05, 4.69) is 48.9 Å². The van der Waals surface area contributed by atoms with Gasteiger partial charge >= 0.3 is 0 Å². The molecule has 0 saturated heterocycles. The van der Waals surface area contributed by atoms with Crippen molar-refractivity contribution >= 4 is 10.9 Å². The zero-order valence-corrected chi connectivity index (χ0v) is 14.7. The van der Waals surface area contributed by atoms with E-state index in [4.69, 9.17) is 0 Å². The summed E-state index contributed by atoms with van der Waals surface area (Å²) in [4.78, 5) is 0. The van der Waals surface area contributed by atoms with Crippen molar-refractivity contribution in [1.29, 1.82) is 0 Å². The molecule has 0 radical (unpaired) electrons. The van der Waals surface area contributed by atoms with Crippen molar-refractivity contribution in [3.05, 3.63) is 35.0 Å². The number of fused-ring (bicyclic) bond motifs is 1. The average molecular weight is 314 g/mol. The van der Waals surface area contributed by atoms with Crippen LogP contribution in [0.4, 0.5) is 0 Å². The molecule has 1 fully saturated rings. The first-order valence-electron chi connectivity index (χ1n) is 9.03. The van der Waals surface area contributed by atoms with Crippen LogP contribution in [-0.2, 0) is 6.54 Å². The third kappa shape index (κ3) is 3.61. The predicted molar refractivity (Wildman–Crippen MR) is 97.0 cm³/mol. The number of aromatic nitrogens is 1. The lowest BCUT2D eigenvalue weighted by atomic mass is 9.95. The zero-order valence-electron chi connectivity index (χ0n) is 14.7. The van der Waals surface area contributed by atoms with E-state index in [1.54, 1.807) is 0 Å². The van der Waals surface area contributed by atoms with Gasteiger partial charge in [-0.05, 0) is 51.3 Å². The molecule has 2 aromatic rings. The Balaban J connectivity index is 1.69. The number of hydrogen-bond acceptors (Lipinski definition) is 2. The van der Waals surface area contributed by atoms with Crippen molar-refractivity contribution in [3.63, 3.8) is 0 Å². The van der Waals surface area contributed by atoms with Gasteiger partial charge in [0, 0.05) is 29.2 Å². The second kappa shape index (κ2) is 7.06.